The van der Waals surface area contributed by atoms with E-state index in [4.69, 9.17) is 4.74 Å². The number of carbonyl (C=O) groups excluding carboxylic acids is 1. The number of benzene rings is 1. The van der Waals surface area contributed by atoms with Gasteiger partial charge in [0, 0.05) is 12.4 Å². The van der Waals surface area contributed by atoms with Gasteiger partial charge >= 0.3 is 0 Å². The number of nitrogens with zero attached hydrogens (tertiary/aromatic N) is 1. The summed E-state index contributed by atoms with van der Waals surface area (Å²) >= 11 is 0. The highest BCUT2D eigenvalue weighted by Crippen LogP contribution is 2.12. The molecule has 1 amide bonds. The molecule has 5 heteroatoms. The molecule has 0 fully saturated rings. The molecule has 20 heavy (non-hydrogen) atoms. The molecule has 1 heterocycles. The Morgan fingerprint density at radius 3 is 2.75 bits per heavy atom. The van der Waals surface area contributed by atoms with Crippen molar-refractivity contribution in [1.82, 2.24) is 10.3 Å². The third kappa shape index (κ3) is 4.05. The average molecular weight is 274 g/mol. The molecule has 1 aromatic carbocycles. The van der Waals surface area contributed by atoms with Crippen LogP contribution >= 0.6 is 0 Å². The Morgan fingerprint density at radius 1 is 1.35 bits per heavy atom. The fourth-order valence-corrected chi connectivity index (χ4v) is 1.68. The maximum atomic E-state index is 12.7. The van der Waals surface area contributed by atoms with E-state index in [2.05, 4.69) is 10.3 Å². The van der Waals surface area contributed by atoms with Crippen molar-refractivity contribution in [2.75, 3.05) is 6.61 Å². The Kier molecular flexibility index (Phi) is 4.65. The Morgan fingerprint density at radius 2 is 2.10 bits per heavy atom. The largest absolute Gasteiger partial charge is 0.484 e. The van der Waals surface area contributed by atoms with Gasteiger partial charge in [-0.25, -0.2) is 4.39 Å². The molecule has 0 aliphatic rings. The van der Waals surface area contributed by atoms with E-state index in [9.17, 15) is 9.18 Å². The van der Waals surface area contributed by atoms with Gasteiger partial charge in [0.15, 0.2) is 6.61 Å². The second-order valence-corrected chi connectivity index (χ2v) is 4.32. The van der Waals surface area contributed by atoms with Gasteiger partial charge in [0.25, 0.3) is 5.91 Å². The molecule has 2 aromatic rings. The highest BCUT2D eigenvalue weighted by molar-refractivity contribution is 5.77. The molecule has 1 aromatic heterocycles. The van der Waals surface area contributed by atoms with Gasteiger partial charge in [0.1, 0.15) is 11.6 Å². The summed E-state index contributed by atoms with van der Waals surface area (Å²) < 4.78 is 18.0. The van der Waals surface area contributed by atoms with Crippen LogP contribution in [0.5, 0.6) is 5.75 Å². The van der Waals surface area contributed by atoms with Crippen molar-refractivity contribution >= 4 is 5.91 Å². The Hall–Kier alpha value is -2.43. The molecule has 0 saturated heterocycles. The van der Waals surface area contributed by atoms with E-state index < -0.39 is 0 Å². The summed E-state index contributed by atoms with van der Waals surface area (Å²) in [6.07, 6.45) is 3.38. The number of aromatic nitrogens is 1. The lowest BCUT2D eigenvalue weighted by molar-refractivity contribution is -0.123. The highest BCUT2D eigenvalue weighted by atomic mass is 19.1. The summed E-state index contributed by atoms with van der Waals surface area (Å²) in [6.45, 7) is 1.75. The predicted molar refractivity (Wildman–Crippen MR) is 72.7 cm³/mol. The number of rotatable bonds is 5. The van der Waals surface area contributed by atoms with Crippen molar-refractivity contribution in [3.8, 4) is 5.75 Å². The maximum Gasteiger partial charge on any atom is 0.258 e. The molecule has 1 N–H and O–H groups in total. The van der Waals surface area contributed by atoms with Crippen molar-refractivity contribution in [1.29, 1.82) is 0 Å². The zero-order valence-electron chi connectivity index (χ0n) is 11.0. The molecule has 1 atom stereocenters. The van der Waals surface area contributed by atoms with Crippen LogP contribution in [0.15, 0.2) is 48.8 Å². The summed E-state index contributed by atoms with van der Waals surface area (Å²) in [6, 6.07) is 9.08. The third-order valence-corrected chi connectivity index (χ3v) is 2.75. The Labute approximate surface area is 116 Å². The number of carbonyl (C=O) groups is 1. The second-order valence-electron chi connectivity index (χ2n) is 4.32. The van der Waals surface area contributed by atoms with Crippen LogP contribution in [0.25, 0.3) is 0 Å². The first-order valence-corrected chi connectivity index (χ1v) is 6.23. The van der Waals surface area contributed by atoms with Crippen molar-refractivity contribution in [2.45, 2.75) is 13.0 Å². The van der Waals surface area contributed by atoms with E-state index in [-0.39, 0.29) is 24.4 Å². The number of hydrogen-bond acceptors (Lipinski definition) is 3. The smallest absolute Gasteiger partial charge is 0.258 e. The minimum absolute atomic E-state index is 0.115. The molecule has 104 valence electrons. The maximum absolute atomic E-state index is 12.7. The van der Waals surface area contributed by atoms with Crippen LogP contribution in [0.4, 0.5) is 4.39 Å². The summed E-state index contributed by atoms with van der Waals surface area (Å²) in [5.41, 5.74) is 0.919. The van der Waals surface area contributed by atoms with Crippen molar-refractivity contribution < 1.29 is 13.9 Å². The monoisotopic (exact) mass is 274 g/mol. The molecular formula is C15H15FN2O2. The number of hydrogen-bond donors (Lipinski definition) is 1. The average Bonchev–Trinajstić information content (AvgIpc) is 2.47. The van der Waals surface area contributed by atoms with Gasteiger partial charge in [-0.15, -0.1) is 0 Å². The van der Waals surface area contributed by atoms with Crippen LogP contribution in [-0.4, -0.2) is 17.5 Å². The first-order valence-electron chi connectivity index (χ1n) is 6.23. The predicted octanol–water partition coefficient (Wildman–Crippen LogP) is 2.48. The van der Waals surface area contributed by atoms with Gasteiger partial charge in [-0.1, -0.05) is 6.07 Å². The summed E-state index contributed by atoms with van der Waals surface area (Å²) in [4.78, 5) is 15.7. The first kappa shape index (κ1) is 14.0. The zero-order valence-corrected chi connectivity index (χ0v) is 11.0. The van der Waals surface area contributed by atoms with Crippen molar-refractivity contribution in [3.63, 3.8) is 0 Å². The molecule has 1 unspecified atom stereocenters. The van der Waals surface area contributed by atoms with E-state index in [0.717, 1.165) is 5.56 Å². The van der Waals surface area contributed by atoms with E-state index in [1.807, 2.05) is 19.1 Å². The second kappa shape index (κ2) is 6.65. The molecule has 0 radical (unpaired) electrons. The fourth-order valence-electron chi connectivity index (χ4n) is 1.68. The molecule has 0 aliphatic carbocycles. The van der Waals surface area contributed by atoms with Gasteiger partial charge in [-0.3, -0.25) is 9.78 Å². The Balaban J connectivity index is 1.82. The van der Waals surface area contributed by atoms with Gasteiger partial charge in [-0.2, -0.15) is 0 Å². The molecule has 0 spiro atoms. The molecule has 4 nitrogen and oxygen atoms in total. The van der Waals surface area contributed by atoms with Crippen molar-refractivity contribution in [3.05, 3.63) is 60.2 Å². The van der Waals surface area contributed by atoms with E-state index in [0.29, 0.717) is 5.75 Å². The fraction of sp³-hybridized carbons (Fsp3) is 0.200. The van der Waals surface area contributed by atoms with Gasteiger partial charge in [0.05, 0.1) is 6.04 Å². The molecular weight excluding hydrogens is 259 g/mol. The Bertz CT molecular complexity index is 558. The topological polar surface area (TPSA) is 51.2 Å². The number of pyridine rings is 1. The summed E-state index contributed by atoms with van der Waals surface area (Å²) in [5.74, 6) is -0.131. The van der Waals surface area contributed by atoms with E-state index in [1.54, 1.807) is 12.4 Å². The lowest BCUT2D eigenvalue weighted by atomic mass is 10.1. The standard InChI is InChI=1S/C15H15FN2O2/c1-11(12-3-2-8-17-9-12)18-15(19)10-20-14-6-4-13(16)5-7-14/h2-9,11H,10H2,1H3,(H,18,19). The minimum Gasteiger partial charge on any atom is -0.484 e. The quantitative estimate of drug-likeness (QED) is 0.911. The molecule has 0 bridgehead atoms. The highest BCUT2D eigenvalue weighted by Gasteiger charge is 2.10. The van der Waals surface area contributed by atoms with Crippen LogP contribution in [0.3, 0.4) is 0 Å². The number of ether oxygens (including phenoxy) is 1. The van der Waals surface area contributed by atoms with Gasteiger partial charge < -0.3 is 10.1 Å². The molecule has 0 saturated carbocycles. The van der Waals surface area contributed by atoms with Crippen LogP contribution in [0, 0.1) is 5.82 Å². The van der Waals surface area contributed by atoms with Crippen LogP contribution < -0.4 is 10.1 Å². The number of nitrogens with one attached hydrogen (secondary N) is 1. The third-order valence-electron chi connectivity index (χ3n) is 2.75. The molecule has 0 aliphatic heterocycles. The minimum atomic E-state index is -0.341. The van der Waals surface area contributed by atoms with E-state index in [1.165, 1.54) is 24.3 Å². The normalized spacial score (nSPS) is 11.7. The van der Waals surface area contributed by atoms with Crippen LogP contribution in [0.1, 0.15) is 18.5 Å². The van der Waals surface area contributed by atoms with Crippen LogP contribution in [-0.2, 0) is 4.79 Å². The summed E-state index contributed by atoms with van der Waals surface area (Å²) in [7, 11) is 0. The lowest BCUT2D eigenvalue weighted by Crippen LogP contribution is -2.31. The first-order chi connectivity index (χ1) is 9.65. The van der Waals surface area contributed by atoms with Crippen molar-refractivity contribution in [2.24, 2.45) is 0 Å². The SMILES string of the molecule is CC(NC(=O)COc1ccc(F)cc1)c1cccnc1. The van der Waals surface area contributed by atoms with Gasteiger partial charge in [-0.05, 0) is 42.8 Å². The summed E-state index contributed by atoms with van der Waals surface area (Å²) in [5, 5.41) is 2.80. The zero-order chi connectivity index (χ0) is 14.4. The number of amides is 1. The van der Waals surface area contributed by atoms with Crippen LogP contribution in [0.2, 0.25) is 0 Å². The molecule has 2 rings (SSSR count). The lowest BCUT2D eigenvalue weighted by Gasteiger charge is -2.14. The van der Waals surface area contributed by atoms with E-state index >= 15 is 0 Å². The number of halogens is 1. The van der Waals surface area contributed by atoms with Gasteiger partial charge in [0.2, 0.25) is 0 Å².